The van der Waals surface area contributed by atoms with Gasteiger partial charge in [-0.25, -0.2) is 0 Å². The fourth-order valence-electron chi connectivity index (χ4n) is 1.41. The van der Waals surface area contributed by atoms with Crippen LogP contribution in [-0.2, 0) is 0 Å². The average Bonchev–Trinajstić information content (AvgIpc) is 2.35. The zero-order valence-electron chi connectivity index (χ0n) is 8.89. The highest BCUT2D eigenvalue weighted by Gasteiger charge is 2.17. The fourth-order valence-corrected chi connectivity index (χ4v) is 1.41. The third-order valence-corrected chi connectivity index (χ3v) is 2.23. The normalized spacial score (nSPS) is 15.6. The van der Waals surface area contributed by atoms with E-state index in [2.05, 4.69) is 0 Å². The molecule has 0 aromatic heterocycles. The molecule has 0 aliphatic carbocycles. The number of hydrogen-bond donors (Lipinski definition) is 2. The summed E-state index contributed by atoms with van der Waals surface area (Å²) in [4.78, 5) is 0. The Balaban J connectivity index is 2.08. The molecule has 0 saturated heterocycles. The second-order valence-electron chi connectivity index (χ2n) is 3.48. The number of aliphatic hydroxyl groups excluding tert-OH is 1. The molecule has 3 N–H and O–H groups in total. The largest absolute Gasteiger partial charge is 0.487 e. The highest BCUT2D eigenvalue weighted by Crippen LogP contribution is 2.38. The minimum Gasteiger partial charge on any atom is -0.487 e. The number of ether oxygens (including phenoxy) is 3. The van der Waals surface area contributed by atoms with Gasteiger partial charge in [-0.15, -0.1) is 0 Å². The summed E-state index contributed by atoms with van der Waals surface area (Å²) in [6.07, 6.45) is -0.666. The van der Waals surface area contributed by atoms with Crippen molar-refractivity contribution in [2.75, 3.05) is 26.4 Å². The molecule has 1 heterocycles. The molecule has 1 aliphatic heterocycles. The molecule has 2 rings (SSSR count). The van der Waals surface area contributed by atoms with Gasteiger partial charge in [0, 0.05) is 6.54 Å². The lowest BCUT2D eigenvalue weighted by molar-refractivity contribution is 0.107. The summed E-state index contributed by atoms with van der Waals surface area (Å²) < 4.78 is 16.3. The molecule has 0 radical (unpaired) electrons. The van der Waals surface area contributed by atoms with Gasteiger partial charge in [-0.05, 0) is 12.1 Å². The molecule has 0 spiro atoms. The monoisotopic (exact) mass is 225 g/mol. The second-order valence-corrected chi connectivity index (χ2v) is 3.48. The zero-order chi connectivity index (χ0) is 11.4. The molecule has 1 aromatic rings. The SMILES string of the molecule is NC[C@@H](O)COc1cccc2c1OCCO2. The Morgan fingerprint density at radius 3 is 3.00 bits per heavy atom. The van der Waals surface area contributed by atoms with E-state index in [4.69, 9.17) is 19.9 Å². The van der Waals surface area contributed by atoms with Crippen molar-refractivity contribution in [2.45, 2.75) is 6.10 Å². The maximum absolute atomic E-state index is 9.30. The highest BCUT2D eigenvalue weighted by molar-refractivity contribution is 5.51. The van der Waals surface area contributed by atoms with Gasteiger partial charge < -0.3 is 25.1 Å². The van der Waals surface area contributed by atoms with Crippen LogP contribution >= 0.6 is 0 Å². The van der Waals surface area contributed by atoms with Crippen LogP contribution in [0.3, 0.4) is 0 Å². The van der Waals surface area contributed by atoms with Crippen LogP contribution in [-0.4, -0.2) is 37.6 Å². The number of aliphatic hydroxyl groups is 1. The molecular formula is C11H15NO4. The Labute approximate surface area is 93.7 Å². The predicted molar refractivity (Wildman–Crippen MR) is 58.0 cm³/mol. The lowest BCUT2D eigenvalue weighted by atomic mass is 10.3. The molecule has 5 nitrogen and oxygen atoms in total. The number of para-hydroxylation sites is 1. The van der Waals surface area contributed by atoms with E-state index in [9.17, 15) is 5.11 Å². The summed E-state index contributed by atoms with van der Waals surface area (Å²) in [7, 11) is 0. The van der Waals surface area contributed by atoms with Crippen LogP contribution in [0.4, 0.5) is 0 Å². The number of hydrogen-bond acceptors (Lipinski definition) is 5. The topological polar surface area (TPSA) is 73.9 Å². The standard InChI is InChI=1S/C11H15NO4/c12-6-8(13)7-16-10-3-1-2-9-11(10)15-5-4-14-9/h1-3,8,13H,4-7,12H2/t8-/m1/s1. The Kier molecular flexibility index (Phi) is 3.48. The Morgan fingerprint density at radius 1 is 1.38 bits per heavy atom. The van der Waals surface area contributed by atoms with E-state index in [0.717, 1.165) is 0 Å². The van der Waals surface area contributed by atoms with Crippen molar-refractivity contribution in [3.8, 4) is 17.2 Å². The quantitative estimate of drug-likeness (QED) is 0.763. The molecule has 88 valence electrons. The number of benzene rings is 1. The molecule has 0 bridgehead atoms. The fraction of sp³-hybridized carbons (Fsp3) is 0.455. The van der Waals surface area contributed by atoms with Gasteiger partial charge >= 0.3 is 0 Å². The van der Waals surface area contributed by atoms with E-state index in [1.54, 1.807) is 6.07 Å². The zero-order valence-corrected chi connectivity index (χ0v) is 8.89. The van der Waals surface area contributed by atoms with E-state index in [1.165, 1.54) is 0 Å². The molecule has 16 heavy (non-hydrogen) atoms. The predicted octanol–water partition coefficient (Wildman–Crippen LogP) is 0.156. The van der Waals surface area contributed by atoms with Crippen molar-refractivity contribution in [1.29, 1.82) is 0 Å². The van der Waals surface area contributed by atoms with Crippen molar-refractivity contribution in [2.24, 2.45) is 5.73 Å². The van der Waals surface area contributed by atoms with Crippen LogP contribution in [0.5, 0.6) is 17.2 Å². The van der Waals surface area contributed by atoms with Gasteiger partial charge in [0.05, 0.1) is 0 Å². The van der Waals surface area contributed by atoms with Gasteiger partial charge in [-0.1, -0.05) is 6.07 Å². The van der Waals surface area contributed by atoms with E-state index >= 15 is 0 Å². The maximum atomic E-state index is 9.30. The highest BCUT2D eigenvalue weighted by atomic mass is 16.6. The third kappa shape index (κ3) is 2.37. The first kappa shape index (κ1) is 11.0. The number of fused-ring (bicyclic) bond motifs is 1. The molecule has 1 aliphatic rings. The van der Waals surface area contributed by atoms with E-state index in [-0.39, 0.29) is 13.2 Å². The van der Waals surface area contributed by atoms with Gasteiger partial charge in [0.1, 0.15) is 25.9 Å². The van der Waals surface area contributed by atoms with E-state index in [1.807, 2.05) is 12.1 Å². The molecule has 1 aromatic carbocycles. The minimum absolute atomic E-state index is 0.149. The maximum Gasteiger partial charge on any atom is 0.203 e. The summed E-state index contributed by atoms with van der Waals surface area (Å²) in [6, 6.07) is 5.41. The Hall–Kier alpha value is -1.46. The summed E-state index contributed by atoms with van der Waals surface area (Å²) in [5.41, 5.74) is 5.29. The molecule has 1 atom stereocenters. The van der Waals surface area contributed by atoms with Crippen molar-refractivity contribution in [1.82, 2.24) is 0 Å². The van der Waals surface area contributed by atoms with Crippen molar-refractivity contribution in [3.63, 3.8) is 0 Å². The van der Waals surface area contributed by atoms with Gasteiger partial charge in [0.25, 0.3) is 0 Å². The van der Waals surface area contributed by atoms with Crippen LogP contribution in [0, 0.1) is 0 Å². The molecule has 0 fully saturated rings. The van der Waals surface area contributed by atoms with Gasteiger partial charge in [0.2, 0.25) is 5.75 Å². The smallest absolute Gasteiger partial charge is 0.203 e. The average molecular weight is 225 g/mol. The van der Waals surface area contributed by atoms with E-state index < -0.39 is 6.10 Å². The molecular weight excluding hydrogens is 210 g/mol. The van der Waals surface area contributed by atoms with Crippen LogP contribution < -0.4 is 19.9 Å². The Morgan fingerprint density at radius 2 is 2.19 bits per heavy atom. The molecule has 5 heteroatoms. The van der Waals surface area contributed by atoms with Gasteiger partial charge in [-0.2, -0.15) is 0 Å². The molecule has 0 amide bonds. The number of nitrogens with two attached hydrogens (primary N) is 1. The van der Waals surface area contributed by atoms with Crippen molar-refractivity contribution >= 4 is 0 Å². The van der Waals surface area contributed by atoms with Gasteiger partial charge in [-0.3, -0.25) is 0 Å². The first-order valence-corrected chi connectivity index (χ1v) is 5.21. The number of rotatable bonds is 4. The minimum atomic E-state index is -0.666. The summed E-state index contributed by atoms with van der Waals surface area (Å²) in [5, 5.41) is 9.30. The second kappa shape index (κ2) is 5.05. The molecule has 0 saturated carbocycles. The van der Waals surface area contributed by atoms with E-state index in [0.29, 0.717) is 30.5 Å². The van der Waals surface area contributed by atoms with Crippen molar-refractivity contribution < 1.29 is 19.3 Å². The van der Waals surface area contributed by atoms with Crippen LogP contribution in [0.1, 0.15) is 0 Å². The molecule has 0 unspecified atom stereocenters. The van der Waals surface area contributed by atoms with Gasteiger partial charge in [0.15, 0.2) is 11.5 Å². The summed E-state index contributed by atoms with van der Waals surface area (Å²) >= 11 is 0. The van der Waals surface area contributed by atoms with Crippen LogP contribution in [0.25, 0.3) is 0 Å². The summed E-state index contributed by atoms with van der Waals surface area (Å²) in [5.74, 6) is 1.84. The first-order chi connectivity index (χ1) is 7.81. The van der Waals surface area contributed by atoms with Crippen LogP contribution in [0.2, 0.25) is 0 Å². The third-order valence-electron chi connectivity index (χ3n) is 2.23. The lowest BCUT2D eigenvalue weighted by Crippen LogP contribution is -2.27. The summed E-state index contributed by atoms with van der Waals surface area (Å²) in [6.45, 7) is 1.37. The first-order valence-electron chi connectivity index (χ1n) is 5.21. The van der Waals surface area contributed by atoms with Crippen molar-refractivity contribution in [3.05, 3.63) is 18.2 Å². The Bertz CT molecular complexity index is 356. The van der Waals surface area contributed by atoms with Crippen LogP contribution in [0.15, 0.2) is 18.2 Å². The lowest BCUT2D eigenvalue weighted by Gasteiger charge is -2.21.